The van der Waals surface area contributed by atoms with Gasteiger partial charge in [0.15, 0.2) is 0 Å². The number of rotatable bonds is 38. The molecule has 846 valence electrons. The first-order valence-electron chi connectivity index (χ1n) is 54.9. The summed E-state index contributed by atoms with van der Waals surface area (Å²) < 4.78 is 51.8. The van der Waals surface area contributed by atoms with E-state index in [1.165, 1.54) is 44.9 Å². The average molecular weight is 2020 g/mol. The maximum absolute atomic E-state index is 11.7. The van der Waals surface area contributed by atoms with Gasteiger partial charge in [-0.05, 0) is 225 Å². The Bertz CT molecular complexity index is 3080. The van der Waals surface area contributed by atoms with Crippen LogP contribution in [0, 0.1) is 106 Å². The van der Waals surface area contributed by atoms with Gasteiger partial charge in [0, 0.05) is 25.9 Å². The number of hydrogen-bond donors (Lipinski definition) is 2. The molecule has 2 aliphatic carbocycles. The molecule has 2 fully saturated rings. The summed E-state index contributed by atoms with van der Waals surface area (Å²) in [4.78, 5) is 102. The predicted octanol–water partition coefficient (Wildman–Crippen LogP) is 32.3. The Balaban J connectivity index is -0.000000196. The molecule has 21 heteroatoms. The normalized spacial score (nSPS) is 14.4. The minimum Gasteiger partial charge on any atom is -0.466 e. The molecule has 0 amide bonds. The molecule has 0 aromatic carbocycles. The number of nitrogens with two attached hydrogens (primary N) is 2. The van der Waals surface area contributed by atoms with E-state index in [0.717, 1.165) is 109 Å². The molecule has 141 heavy (non-hydrogen) atoms. The van der Waals surface area contributed by atoms with Crippen LogP contribution in [0.15, 0.2) is 0 Å². The van der Waals surface area contributed by atoms with Crippen molar-refractivity contribution in [2.75, 3.05) is 52.9 Å². The van der Waals surface area contributed by atoms with Gasteiger partial charge in [-0.3, -0.25) is 38.4 Å². The maximum atomic E-state index is 11.7. The lowest BCUT2D eigenvalue weighted by atomic mass is 9.87. The second-order valence-electron chi connectivity index (χ2n) is 56.0. The molecule has 0 bridgehead atoms. The summed E-state index contributed by atoms with van der Waals surface area (Å²) >= 11 is 0. The van der Waals surface area contributed by atoms with Crippen LogP contribution < -0.4 is 11.5 Å². The second kappa shape index (κ2) is 79.2. The van der Waals surface area contributed by atoms with E-state index >= 15 is 0 Å². The van der Waals surface area contributed by atoms with Gasteiger partial charge in [0.05, 0.1) is 75.7 Å². The SMILES string of the molecule is CC(C)(C)CCCOC(=O)C(N)C(C)(C)C.CC(C)(C)CCCOC(=O)C1CCCC1.CC(C)C(N)C(=O)OCCCC(C)(C)C.CC(C)CC(=O)OC(C)CC(C)(C)C.CC(C)CC(=O)OCCC(C)(C)C.CC(C)CC(=O)OCCCC(C)(C)C.CC(CC(C)(C)C)OC(=O)C(C)C.CC(CC(C)(C)C)OC(=O)C1CCCC1.CCC(C)(C)C.CCCC(C)(C)C.CCCOCC(=O)OCC(C)(C)C. The second-order valence-corrected chi connectivity index (χ2v) is 56.0. The summed E-state index contributed by atoms with van der Waals surface area (Å²) in [5.41, 5.74) is 14.5. The Morgan fingerprint density at radius 3 is 0.879 bits per heavy atom. The Morgan fingerprint density at radius 1 is 0.291 bits per heavy atom. The molecule has 2 rings (SSSR count). The fourth-order valence-electron chi connectivity index (χ4n) is 13.0. The molecule has 0 spiro atoms. The minimum atomic E-state index is -0.540. The molecule has 2 aliphatic rings. The van der Waals surface area contributed by atoms with Crippen LogP contribution in [0.1, 0.15) is 533 Å². The van der Waals surface area contributed by atoms with Crippen LogP contribution in [0.5, 0.6) is 0 Å². The van der Waals surface area contributed by atoms with E-state index in [9.17, 15) is 43.2 Å². The van der Waals surface area contributed by atoms with Gasteiger partial charge in [-0.15, -0.1) is 0 Å². The first-order chi connectivity index (χ1) is 63.3. The Labute approximate surface area is 873 Å². The zero-order valence-corrected chi connectivity index (χ0v) is 103. The van der Waals surface area contributed by atoms with Crippen molar-refractivity contribution in [3.05, 3.63) is 0 Å². The molecule has 0 saturated heterocycles. The first-order valence-corrected chi connectivity index (χ1v) is 54.9. The summed E-state index contributed by atoms with van der Waals surface area (Å²) in [7, 11) is 0. The van der Waals surface area contributed by atoms with E-state index in [1.54, 1.807) is 0 Å². The van der Waals surface area contributed by atoms with E-state index in [-0.39, 0.29) is 135 Å². The molecule has 4 N–H and O–H groups in total. The van der Waals surface area contributed by atoms with Crippen molar-refractivity contribution in [3.8, 4) is 0 Å². The molecular weight excluding hydrogens is 1770 g/mol. The smallest absolute Gasteiger partial charge is 0.332 e. The highest BCUT2D eigenvalue weighted by Crippen LogP contribution is 2.32. The molecule has 0 radical (unpaired) electrons. The van der Waals surface area contributed by atoms with Gasteiger partial charge in [0.1, 0.15) is 18.7 Å². The summed E-state index contributed by atoms with van der Waals surface area (Å²) in [5.74, 6) is 0.599. The zero-order valence-electron chi connectivity index (χ0n) is 103. The largest absolute Gasteiger partial charge is 0.466 e. The van der Waals surface area contributed by atoms with E-state index in [1.807, 2.05) is 138 Å². The zero-order chi connectivity index (χ0) is 113. The van der Waals surface area contributed by atoms with Gasteiger partial charge in [-0.2, -0.15) is 0 Å². The maximum Gasteiger partial charge on any atom is 0.332 e. The van der Waals surface area contributed by atoms with E-state index in [4.69, 9.17) is 58.8 Å². The highest BCUT2D eigenvalue weighted by Gasteiger charge is 2.31. The average Bonchev–Trinajstić information content (AvgIpc) is 1.00. The topological polar surface area (TPSA) is 298 Å². The predicted molar refractivity (Wildman–Crippen MR) is 595 cm³/mol. The van der Waals surface area contributed by atoms with Crippen molar-refractivity contribution in [2.45, 2.75) is 564 Å². The number of carbonyl (C=O) groups is 9. The van der Waals surface area contributed by atoms with Crippen molar-refractivity contribution in [3.63, 3.8) is 0 Å². The monoisotopic (exact) mass is 2020 g/mol. The third-order valence-electron chi connectivity index (χ3n) is 21.1. The Hall–Kier alpha value is -4.89. The quantitative estimate of drug-likeness (QED) is 0.0330. The van der Waals surface area contributed by atoms with E-state index in [2.05, 4.69) is 222 Å². The van der Waals surface area contributed by atoms with Crippen LogP contribution in [0.25, 0.3) is 0 Å². The lowest BCUT2D eigenvalue weighted by molar-refractivity contribution is -0.154. The summed E-state index contributed by atoms with van der Waals surface area (Å²) in [6.07, 6.45) is 27.2. The van der Waals surface area contributed by atoms with Gasteiger partial charge in [0.2, 0.25) is 0 Å². The van der Waals surface area contributed by atoms with Gasteiger partial charge in [0.25, 0.3) is 0 Å². The molecule has 2 saturated carbocycles. The Morgan fingerprint density at radius 2 is 0.596 bits per heavy atom. The molecule has 21 nitrogen and oxygen atoms in total. The molecule has 0 heterocycles. The van der Waals surface area contributed by atoms with E-state index < -0.39 is 12.1 Å². The lowest BCUT2D eigenvalue weighted by Crippen LogP contribution is -2.43. The first kappa shape index (κ1) is 154. The Kier molecular flexibility index (Phi) is 86.4. The highest BCUT2D eigenvalue weighted by molar-refractivity contribution is 5.77. The van der Waals surface area contributed by atoms with Crippen LogP contribution >= 0.6 is 0 Å². The highest BCUT2D eigenvalue weighted by atomic mass is 16.6. The van der Waals surface area contributed by atoms with Crippen molar-refractivity contribution in [1.29, 1.82) is 0 Å². The number of ether oxygens (including phenoxy) is 10. The van der Waals surface area contributed by atoms with Gasteiger partial charge >= 0.3 is 53.7 Å². The van der Waals surface area contributed by atoms with Gasteiger partial charge in [-0.1, -0.05) is 378 Å². The fraction of sp³-hybridized carbons (Fsp3) is 0.925. The van der Waals surface area contributed by atoms with Crippen LogP contribution in [0.2, 0.25) is 0 Å². The molecule has 0 aromatic heterocycles. The van der Waals surface area contributed by atoms with Crippen molar-refractivity contribution >= 4 is 53.7 Å². The molecular formula is C120H242N2O19. The standard InChI is InChI=1S/C13H27NO2.2C13H24O2.C12H25NO2.2C12H24O2.2C11H22O2.C10H20O3.C7H16.C6H14/c1-12(2,3)8-7-9-16-11(15)10(14)13(4,5)6;1-10(9-13(2,3)4)15-12(14)11-7-5-6-8-11;1-13(2,3)9-6-10-15-12(14)11-7-4-5-8-11;1-9(2)10(13)11(14)15-8-6-7-12(3,4)5;1-9(2)7-11(13)14-10(3)8-12(4,5)6;1-10(2)9-11(13)14-8-6-7-12(3,4)5;1-8(2)10(12)13-9(3)7-11(4,5)6;1-9(2)8-10(12)13-7-6-11(3,4)5;1-5-6-12-7-9(11)13-8-10(2,3)4;1-5-6-7(2,3)4;1-5-6(2,3)4/h10H,7-9,14H2,1-6H3;10-11H,5-9H2,1-4H3;11H,4-10H2,1-3H3;9-10H,6-8,13H2,1-5H3;9-10H,7-8H2,1-6H3;10H,6-9H2,1-5H3;8-9H,7H2,1-6H3;9H,6-8H2,1-5H3;5-8H2,1-4H3;5-6H2,1-4H3;5H2,1-4H3. The summed E-state index contributed by atoms with van der Waals surface area (Å²) in [6.45, 7) is 113. The van der Waals surface area contributed by atoms with Crippen LogP contribution in [0.4, 0.5) is 0 Å². The number of esters is 9. The number of carbonyl (C=O) groups excluding carboxylic acids is 9. The van der Waals surface area contributed by atoms with Crippen molar-refractivity contribution < 1.29 is 90.5 Å². The molecule has 0 aliphatic heterocycles. The third kappa shape index (κ3) is 131. The fourth-order valence-corrected chi connectivity index (χ4v) is 13.0. The van der Waals surface area contributed by atoms with Crippen molar-refractivity contribution in [1.82, 2.24) is 0 Å². The van der Waals surface area contributed by atoms with Crippen LogP contribution in [0.3, 0.4) is 0 Å². The summed E-state index contributed by atoms with van der Waals surface area (Å²) in [5, 5.41) is 0. The molecule has 5 atom stereocenters. The van der Waals surface area contributed by atoms with Gasteiger partial charge < -0.3 is 58.8 Å². The minimum absolute atomic E-state index is 0.0231. The lowest BCUT2D eigenvalue weighted by Gasteiger charge is -2.25. The molecule has 0 aromatic rings. The van der Waals surface area contributed by atoms with Crippen LogP contribution in [-0.4, -0.2) is 137 Å². The summed E-state index contributed by atoms with van der Waals surface area (Å²) in [6, 6.07) is -1.03. The van der Waals surface area contributed by atoms with Crippen molar-refractivity contribution in [2.24, 2.45) is 118 Å². The van der Waals surface area contributed by atoms with Gasteiger partial charge in [-0.25, -0.2) is 4.79 Å². The van der Waals surface area contributed by atoms with E-state index in [0.29, 0.717) is 116 Å². The molecule has 5 unspecified atom stereocenters. The third-order valence-corrected chi connectivity index (χ3v) is 21.1. The van der Waals surface area contributed by atoms with Crippen LogP contribution in [-0.2, 0) is 90.5 Å². The number of hydrogen-bond acceptors (Lipinski definition) is 21.